The zero-order chi connectivity index (χ0) is 21.5. The van der Waals surface area contributed by atoms with Crippen molar-refractivity contribution in [1.29, 1.82) is 0 Å². The lowest BCUT2D eigenvalue weighted by atomic mass is 10.1. The predicted molar refractivity (Wildman–Crippen MR) is 115 cm³/mol. The molecule has 0 aliphatic carbocycles. The fourth-order valence-corrected chi connectivity index (χ4v) is 3.17. The zero-order valence-corrected chi connectivity index (χ0v) is 17.1. The van der Waals surface area contributed by atoms with Gasteiger partial charge in [0.15, 0.2) is 5.96 Å². The highest BCUT2D eigenvalue weighted by Crippen LogP contribution is 2.29. The van der Waals surface area contributed by atoms with Crippen molar-refractivity contribution in [1.82, 2.24) is 9.80 Å². The number of likely N-dealkylation sites (N-methyl/N-ethyl adjacent to an activating group) is 1. The molecular formula is C22H27N5O3. The summed E-state index contributed by atoms with van der Waals surface area (Å²) in [5.41, 5.74) is 14.0. The molecule has 0 fully saturated rings. The largest absolute Gasteiger partial charge is 0.494 e. The summed E-state index contributed by atoms with van der Waals surface area (Å²) in [6, 6.07) is 15.4. The summed E-state index contributed by atoms with van der Waals surface area (Å²) in [5.74, 6) is 0.617. The molecule has 2 amide bonds. The number of carbonyl (C=O) groups is 2. The minimum absolute atomic E-state index is 0.0423. The van der Waals surface area contributed by atoms with Crippen molar-refractivity contribution in [3.05, 3.63) is 59.7 Å². The minimum Gasteiger partial charge on any atom is -0.494 e. The zero-order valence-electron chi connectivity index (χ0n) is 17.1. The Labute approximate surface area is 176 Å². The average Bonchev–Trinajstić information content (AvgIpc) is 2.72. The number of amides is 2. The molecule has 0 aromatic heterocycles. The van der Waals surface area contributed by atoms with Crippen molar-refractivity contribution in [2.24, 2.45) is 16.5 Å². The molecule has 0 saturated carbocycles. The summed E-state index contributed by atoms with van der Waals surface area (Å²) in [4.78, 5) is 31.3. The van der Waals surface area contributed by atoms with E-state index in [2.05, 4.69) is 4.99 Å². The molecule has 0 spiro atoms. The van der Waals surface area contributed by atoms with Gasteiger partial charge in [-0.1, -0.05) is 30.3 Å². The third kappa shape index (κ3) is 5.73. The Kier molecular flexibility index (Phi) is 6.90. The molecule has 0 saturated heterocycles. The van der Waals surface area contributed by atoms with Crippen LogP contribution in [-0.2, 0) is 22.7 Å². The first-order valence-electron chi connectivity index (χ1n) is 9.83. The van der Waals surface area contributed by atoms with Crippen LogP contribution in [0.25, 0.3) is 0 Å². The molecule has 8 heteroatoms. The van der Waals surface area contributed by atoms with Gasteiger partial charge in [-0.15, -0.1) is 0 Å². The SMILES string of the molecule is CN(Cc1ccccc1)C(=O)CN1Cc2cc(OCCCC(N)=O)ccc2N=C1N. The summed E-state index contributed by atoms with van der Waals surface area (Å²) < 4.78 is 5.69. The maximum Gasteiger partial charge on any atom is 0.242 e. The highest BCUT2D eigenvalue weighted by Gasteiger charge is 2.22. The van der Waals surface area contributed by atoms with E-state index in [1.165, 1.54) is 0 Å². The van der Waals surface area contributed by atoms with Crippen LogP contribution in [-0.4, -0.2) is 47.8 Å². The number of primary amides is 1. The Morgan fingerprint density at radius 3 is 2.70 bits per heavy atom. The Balaban J connectivity index is 1.59. The molecule has 2 aromatic rings. The van der Waals surface area contributed by atoms with Gasteiger partial charge in [-0.3, -0.25) is 9.59 Å². The molecule has 1 aliphatic heterocycles. The summed E-state index contributed by atoms with van der Waals surface area (Å²) in [5, 5.41) is 0. The molecule has 1 aliphatic rings. The minimum atomic E-state index is -0.341. The van der Waals surface area contributed by atoms with Gasteiger partial charge in [0.2, 0.25) is 11.8 Å². The second-order valence-electron chi connectivity index (χ2n) is 7.27. The van der Waals surface area contributed by atoms with Gasteiger partial charge in [-0.2, -0.15) is 0 Å². The van der Waals surface area contributed by atoms with Crippen molar-refractivity contribution >= 4 is 23.5 Å². The highest BCUT2D eigenvalue weighted by atomic mass is 16.5. The first-order valence-corrected chi connectivity index (χ1v) is 9.83. The molecule has 1 heterocycles. The first kappa shape index (κ1) is 21.2. The molecule has 0 unspecified atom stereocenters. The number of carbonyl (C=O) groups excluding carboxylic acids is 2. The monoisotopic (exact) mass is 409 g/mol. The lowest BCUT2D eigenvalue weighted by Crippen LogP contribution is -2.45. The predicted octanol–water partition coefficient (Wildman–Crippen LogP) is 1.75. The molecule has 2 aromatic carbocycles. The number of hydrogen-bond donors (Lipinski definition) is 2. The van der Waals surface area contributed by atoms with Crippen LogP contribution in [0.2, 0.25) is 0 Å². The van der Waals surface area contributed by atoms with E-state index in [4.69, 9.17) is 16.2 Å². The number of guanidine groups is 1. The van der Waals surface area contributed by atoms with Crippen LogP contribution in [0.1, 0.15) is 24.0 Å². The number of benzene rings is 2. The standard InChI is InChI=1S/C22H27N5O3/c1-26(13-16-6-3-2-4-7-16)21(29)15-27-14-17-12-18(30-11-5-8-20(23)28)9-10-19(17)25-22(27)24/h2-4,6-7,9-10,12H,5,8,11,13-15H2,1H3,(H2,23,28)(H2,24,25). The summed E-state index contributed by atoms with van der Waals surface area (Å²) in [6.07, 6.45) is 0.851. The molecule has 0 radical (unpaired) electrons. The van der Waals surface area contributed by atoms with Gasteiger partial charge in [-0.05, 0) is 30.2 Å². The van der Waals surface area contributed by atoms with Crippen LogP contribution in [0.3, 0.4) is 0 Å². The van der Waals surface area contributed by atoms with Crippen molar-refractivity contribution in [3.63, 3.8) is 0 Å². The summed E-state index contributed by atoms with van der Waals surface area (Å²) in [6.45, 7) is 1.54. The summed E-state index contributed by atoms with van der Waals surface area (Å²) >= 11 is 0. The summed E-state index contributed by atoms with van der Waals surface area (Å²) in [7, 11) is 1.78. The van der Waals surface area contributed by atoms with E-state index in [1.54, 1.807) is 16.8 Å². The Bertz CT molecular complexity index is 930. The van der Waals surface area contributed by atoms with Crippen molar-refractivity contribution in [2.75, 3.05) is 20.2 Å². The Hall–Kier alpha value is -3.55. The number of ether oxygens (including phenoxy) is 1. The van der Waals surface area contributed by atoms with E-state index < -0.39 is 0 Å². The quantitative estimate of drug-likeness (QED) is 0.613. The second kappa shape index (κ2) is 9.78. The number of fused-ring (bicyclic) bond motifs is 1. The third-order valence-electron chi connectivity index (χ3n) is 4.82. The van der Waals surface area contributed by atoms with Gasteiger partial charge in [-0.25, -0.2) is 4.99 Å². The normalized spacial score (nSPS) is 12.7. The second-order valence-corrected chi connectivity index (χ2v) is 7.27. The third-order valence-corrected chi connectivity index (χ3v) is 4.82. The maximum atomic E-state index is 12.7. The van der Waals surface area contributed by atoms with E-state index >= 15 is 0 Å². The lowest BCUT2D eigenvalue weighted by Gasteiger charge is -2.29. The van der Waals surface area contributed by atoms with E-state index in [-0.39, 0.29) is 24.8 Å². The molecule has 0 bridgehead atoms. The maximum absolute atomic E-state index is 12.7. The van der Waals surface area contributed by atoms with Crippen molar-refractivity contribution < 1.29 is 14.3 Å². The average molecular weight is 409 g/mol. The van der Waals surface area contributed by atoms with Crippen LogP contribution in [0.5, 0.6) is 5.75 Å². The molecule has 0 atom stereocenters. The molecular weight excluding hydrogens is 382 g/mol. The van der Waals surface area contributed by atoms with Crippen LogP contribution < -0.4 is 16.2 Å². The Morgan fingerprint density at radius 2 is 1.97 bits per heavy atom. The topological polar surface area (TPSA) is 114 Å². The first-order chi connectivity index (χ1) is 14.4. The van der Waals surface area contributed by atoms with Gasteiger partial charge in [0.1, 0.15) is 12.3 Å². The number of nitrogens with zero attached hydrogens (tertiary/aromatic N) is 3. The number of aliphatic imine (C=N–C) groups is 1. The van der Waals surface area contributed by atoms with Crippen LogP contribution in [0, 0.1) is 0 Å². The molecule has 8 nitrogen and oxygen atoms in total. The fraction of sp³-hybridized carbons (Fsp3) is 0.318. The van der Waals surface area contributed by atoms with E-state index in [9.17, 15) is 9.59 Å². The van der Waals surface area contributed by atoms with Crippen molar-refractivity contribution in [2.45, 2.75) is 25.9 Å². The van der Waals surface area contributed by atoms with Gasteiger partial charge < -0.3 is 26.0 Å². The lowest BCUT2D eigenvalue weighted by molar-refractivity contribution is -0.131. The smallest absolute Gasteiger partial charge is 0.242 e. The van der Waals surface area contributed by atoms with E-state index in [0.29, 0.717) is 37.8 Å². The van der Waals surface area contributed by atoms with Crippen LogP contribution >= 0.6 is 0 Å². The fourth-order valence-electron chi connectivity index (χ4n) is 3.17. The number of nitrogens with two attached hydrogens (primary N) is 2. The van der Waals surface area contributed by atoms with E-state index in [1.807, 2.05) is 48.5 Å². The molecule has 30 heavy (non-hydrogen) atoms. The number of hydrogen-bond acceptors (Lipinski definition) is 6. The van der Waals surface area contributed by atoms with Gasteiger partial charge >= 0.3 is 0 Å². The molecule has 4 N–H and O–H groups in total. The van der Waals surface area contributed by atoms with Gasteiger partial charge in [0.05, 0.1) is 12.3 Å². The molecule has 3 rings (SSSR count). The van der Waals surface area contributed by atoms with Crippen LogP contribution in [0.4, 0.5) is 5.69 Å². The van der Waals surface area contributed by atoms with Gasteiger partial charge in [0, 0.05) is 32.1 Å². The van der Waals surface area contributed by atoms with Crippen molar-refractivity contribution in [3.8, 4) is 5.75 Å². The Morgan fingerprint density at radius 1 is 1.20 bits per heavy atom. The number of rotatable bonds is 9. The van der Waals surface area contributed by atoms with Gasteiger partial charge in [0.25, 0.3) is 0 Å². The highest BCUT2D eigenvalue weighted by molar-refractivity contribution is 5.88. The molecule has 158 valence electrons. The van der Waals surface area contributed by atoms with Crippen LogP contribution in [0.15, 0.2) is 53.5 Å². The van der Waals surface area contributed by atoms with E-state index in [0.717, 1.165) is 16.8 Å².